The van der Waals surface area contributed by atoms with Gasteiger partial charge in [0.15, 0.2) is 0 Å². The van der Waals surface area contributed by atoms with Crippen LogP contribution in [0.25, 0.3) is 0 Å². The van der Waals surface area contributed by atoms with E-state index in [9.17, 15) is 4.79 Å². The maximum atomic E-state index is 12.6. The van der Waals surface area contributed by atoms with Crippen molar-refractivity contribution in [3.8, 4) is 0 Å². The first-order chi connectivity index (χ1) is 11.7. The molecule has 0 unspecified atom stereocenters. The van der Waals surface area contributed by atoms with Crippen molar-refractivity contribution in [1.29, 1.82) is 0 Å². The molecule has 5 heteroatoms. The molecule has 4 rings (SSSR count). The molecule has 1 amide bonds. The molecule has 136 valence electrons. The van der Waals surface area contributed by atoms with Gasteiger partial charge in [-0.2, -0.15) is 0 Å². The number of likely N-dealkylation sites (tertiary alicyclic amines) is 2. The second-order valence-corrected chi connectivity index (χ2v) is 8.22. The van der Waals surface area contributed by atoms with Crippen LogP contribution >= 0.6 is 0 Å². The summed E-state index contributed by atoms with van der Waals surface area (Å²) < 4.78 is 11.8. The van der Waals surface area contributed by atoms with Crippen LogP contribution in [0.4, 0.5) is 0 Å². The highest BCUT2D eigenvalue weighted by Gasteiger charge is 2.45. The molecular weight excluding hydrogens is 304 g/mol. The summed E-state index contributed by atoms with van der Waals surface area (Å²) in [5, 5.41) is 0. The maximum Gasteiger partial charge on any atom is 0.251 e. The van der Waals surface area contributed by atoms with E-state index in [1.54, 1.807) is 0 Å². The predicted molar refractivity (Wildman–Crippen MR) is 91.9 cm³/mol. The molecular formula is C19H32N2O3. The number of carbonyl (C=O) groups is 1. The molecule has 0 aromatic heterocycles. The van der Waals surface area contributed by atoms with E-state index in [2.05, 4.69) is 4.90 Å². The largest absolute Gasteiger partial charge is 0.381 e. The van der Waals surface area contributed by atoms with Gasteiger partial charge in [0, 0.05) is 45.9 Å². The topological polar surface area (TPSA) is 42.0 Å². The molecule has 24 heavy (non-hydrogen) atoms. The van der Waals surface area contributed by atoms with Gasteiger partial charge >= 0.3 is 0 Å². The van der Waals surface area contributed by atoms with Crippen LogP contribution in [0.3, 0.4) is 0 Å². The molecule has 4 fully saturated rings. The van der Waals surface area contributed by atoms with E-state index in [4.69, 9.17) is 9.47 Å². The third kappa shape index (κ3) is 3.63. The summed E-state index contributed by atoms with van der Waals surface area (Å²) in [6.45, 7) is 7.21. The molecule has 0 bridgehead atoms. The fraction of sp³-hybridized carbons (Fsp3) is 0.947. The minimum absolute atomic E-state index is 0.00771. The number of hydrogen-bond acceptors (Lipinski definition) is 4. The average molecular weight is 336 g/mol. The molecule has 4 aliphatic rings. The van der Waals surface area contributed by atoms with E-state index in [1.165, 1.54) is 19.4 Å². The van der Waals surface area contributed by atoms with Gasteiger partial charge in [0.05, 0.1) is 5.60 Å². The molecule has 0 aromatic carbocycles. The van der Waals surface area contributed by atoms with Crippen molar-refractivity contribution in [2.45, 2.75) is 63.1 Å². The highest BCUT2D eigenvalue weighted by molar-refractivity contribution is 5.81. The zero-order valence-corrected chi connectivity index (χ0v) is 14.9. The predicted octanol–water partition coefficient (Wildman–Crippen LogP) is 2.05. The summed E-state index contributed by atoms with van der Waals surface area (Å²) in [7, 11) is 0. The summed E-state index contributed by atoms with van der Waals surface area (Å²) in [5.41, 5.74) is -0.00771. The van der Waals surface area contributed by atoms with Crippen LogP contribution in [0.15, 0.2) is 0 Å². The highest BCUT2D eigenvalue weighted by atomic mass is 16.5. The van der Waals surface area contributed by atoms with Crippen molar-refractivity contribution in [3.05, 3.63) is 0 Å². The minimum Gasteiger partial charge on any atom is -0.381 e. The van der Waals surface area contributed by atoms with E-state index < -0.39 is 0 Å². The van der Waals surface area contributed by atoms with Gasteiger partial charge in [0.2, 0.25) is 0 Å². The lowest BCUT2D eigenvalue weighted by molar-refractivity contribution is -0.150. The van der Waals surface area contributed by atoms with E-state index in [0.29, 0.717) is 0 Å². The van der Waals surface area contributed by atoms with Gasteiger partial charge in [-0.15, -0.1) is 0 Å². The first kappa shape index (κ1) is 16.8. The Bertz CT molecular complexity index is 436. The van der Waals surface area contributed by atoms with E-state index in [-0.39, 0.29) is 17.6 Å². The number of ether oxygens (including phenoxy) is 2. The third-order valence-corrected chi connectivity index (χ3v) is 6.57. The van der Waals surface area contributed by atoms with E-state index >= 15 is 0 Å². The molecule has 0 N–H and O–H groups in total. The first-order valence-electron chi connectivity index (χ1n) is 10.0. The van der Waals surface area contributed by atoms with Gasteiger partial charge in [-0.05, 0) is 57.3 Å². The number of hydrogen-bond donors (Lipinski definition) is 0. The van der Waals surface area contributed by atoms with Crippen LogP contribution in [0, 0.1) is 5.92 Å². The highest BCUT2D eigenvalue weighted by Crippen LogP contribution is 2.40. The number of carbonyl (C=O) groups excluding carboxylic acids is 1. The average Bonchev–Trinajstić information content (AvgIpc) is 3.28. The Morgan fingerprint density at radius 2 is 1.67 bits per heavy atom. The number of piperidine rings is 1. The Labute approximate surface area is 145 Å². The van der Waals surface area contributed by atoms with Gasteiger partial charge < -0.3 is 19.3 Å². The number of amides is 1. The Morgan fingerprint density at radius 3 is 2.38 bits per heavy atom. The van der Waals surface area contributed by atoms with Gasteiger partial charge in [0.1, 0.15) is 6.10 Å². The zero-order valence-electron chi connectivity index (χ0n) is 14.9. The second-order valence-electron chi connectivity index (χ2n) is 8.22. The second kappa shape index (κ2) is 7.30. The number of rotatable bonds is 3. The standard InChI is InChI=1S/C19H32N2O3/c22-18(21-9-1-2-10-21)17-3-6-19(24-17)7-11-20(12-8-19)15-16-4-13-23-14-5-16/h16-17H,1-15H2/t17-/m1/s1. The van der Waals surface area contributed by atoms with Crippen molar-refractivity contribution in [2.24, 2.45) is 5.92 Å². The Hall–Kier alpha value is -0.650. The van der Waals surface area contributed by atoms with Gasteiger partial charge in [-0.1, -0.05) is 0 Å². The normalized spacial score (nSPS) is 31.8. The van der Waals surface area contributed by atoms with Crippen LogP contribution in [-0.2, 0) is 14.3 Å². The molecule has 5 nitrogen and oxygen atoms in total. The molecule has 0 saturated carbocycles. The van der Waals surface area contributed by atoms with Gasteiger partial charge in [-0.3, -0.25) is 4.79 Å². The van der Waals surface area contributed by atoms with Crippen molar-refractivity contribution >= 4 is 5.91 Å². The number of nitrogens with zero attached hydrogens (tertiary/aromatic N) is 2. The summed E-state index contributed by atoms with van der Waals surface area (Å²) >= 11 is 0. The quantitative estimate of drug-likeness (QED) is 0.791. The van der Waals surface area contributed by atoms with Crippen LogP contribution in [0.5, 0.6) is 0 Å². The van der Waals surface area contributed by atoms with Crippen LogP contribution < -0.4 is 0 Å². The van der Waals surface area contributed by atoms with Gasteiger partial charge in [0.25, 0.3) is 5.91 Å². The Balaban J connectivity index is 1.25. The summed E-state index contributed by atoms with van der Waals surface area (Å²) in [6, 6.07) is 0. The van der Waals surface area contributed by atoms with Crippen LogP contribution in [-0.4, -0.2) is 73.3 Å². The van der Waals surface area contributed by atoms with Crippen molar-refractivity contribution in [3.63, 3.8) is 0 Å². The molecule has 4 heterocycles. The van der Waals surface area contributed by atoms with Crippen LogP contribution in [0.1, 0.15) is 51.4 Å². The minimum atomic E-state index is -0.162. The van der Waals surface area contributed by atoms with Gasteiger partial charge in [-0.25, -0.2) is 0 Å². The smallest absolute Gasteiger partial charge is 0.251 e. The van der Waals surface area contributed by atoms with Crippen molar-refractivity contribution in [1.82, 2.24) is 9.80 Å². The van der Waals surface area contributed by atoms with E-state index in [1.807, 2.05) is 4.90 Å². The summed E-state index contributed by atoms with van der Waals surface area (Å²) in [6.07, 6.45) is 8.77. The maximum absolute atomic E-state index is 12.6. The molecule has 4 aliphatic heterocycles. The summed E-state index contributed by atoms with van der Waals surface area (Å²) in [4.78, 5) is 17.2. The lowest BCUT2D eigenvalue weighted by Crippen LogP contribution is -2.47. The molecule has 1 spiro atoms. The Kier molecular flexibility index (Phi) is 5.11. The fourth-order valence-corrected chi connectivity index (χ4v) is 4.93. The monoisotopic (exact) mass is 336 g/mol. The lowest BCUT2D eigenvalue weighted by atomic mass is 9.87. The summed E-state index contributed by atoms with van der Waals surface area (Å²) in [5.74, 6) is 1.07. The molecule has 1 atom stereocenters. The zero-order chi connectivity index (χ0) is 16.4. The molecule has 0 aromatic rings. The van der Waals surface area contributed by atoms with Crippen molar-refractivity contribution < 1.29 is 14.3 Å². The molecule has 0 aliphatic carbocycles. The Morgan fingerprint density at radius 1 is 0.958 bits per heavy atom. The fourth-order valence-electron chi connectivity index (χ4n) is 4.93. The lowest BCUT2D eigenvalue weighted by Gasteiger charge is -2.40. The molecule has 0 radical (unpaired) electrons. The van der Waals surface area contributed by atoms with Crippen molar-refractivity contribution in [2.75, 3.05) is 45.9 Å². The SMILES string of the molecule is O=C([C@H]1CCC2(CCN(CC3CCOCC3)CC2)O1)N1CCCC1. The third-order valence-electron chi connectivity index (χ3n) is 6.57. The van der Waals surface area contributed by atoms with Crippen LogP contribution in [0.2, 0.25) is 0 Å². The van der Waals surface area contributed by atoms with E-state index in [0.717, 1.165) is 83.8 Å². The molecule has 4 saturated heterocycles. The first-order valence-corrected chi connectivity index (χ1v) is 10.0.